The molecular formula is C25H23Cl2FN6O3. The Bertz CT molecular complexity index is 1470. The lowest BCUT2D eigenvalue weighted by Gasteiger charge is -2.34. The molecule has 0 saturated carbocycles. The highest BCUT2D eigenvalue weighted by Gasteiger charge is 2.24. The number of fused-ring (bicyclic) bond motifs is 1. The van der Waals surface area contributed by atoms with Crippen molar-refractivity contribution in [3.63, 3.8) is 0 Å². The van der Waals surface area contributed by atoms with Crippen LogP contribution >= 0.6 is 23.2 Å². The summed E-state index contributed by atoms with van der Waals surface area (Å²) >= 11 is 12.4. The maximum absolute atomic E-state index is 14.0. The van der Waals surface area contributed by atoms with Gasteiger partial charge in [0.1, 0.15) is 17.7 Å². The lowest BCUT2D eigenvalue weighted by molar-refractivity contribution is 0.204. The number of rotatable bonds is 5. The molecule has 4 N–H and O–H groups in total. The van der Waals surface area contributed by atoms with E-state index in [4.69, 9.17) is 43.8 Å². The number of aromatic nitrogens is 2. The number of amides is 2. The second-order valence-electron chi connectivity index (χ2n) is 8.60. The minimum absolute atomic E-state index is 0.104. The third-order valence-corrected chi connectivity index (χ3v) is 7.07. The molecule has 0 radical (unpaired) electrons. The Balaban J connectivity index is 1.41. The molecule has 1 unspecified atom stereocenters. The monoisotopic (exact) mass is 544 g/mol. The first-order valence-electron chi connectivity index (χ1n) is 11.5. The summed E-state index contributed by atoms with van der Waals surface area (Å²) in [5, 5.41) is 0.804. The van der Waals surface area contributed by atoms with Crippen molar-refractivity contribution in [2.75, 3.05) is 36.8 Å². The number of hydrogen-bond donors (Lipinski definition) is 2. The summed E-state index contributed by atoms with van der Waals surface area (Å²) in [4.78, 5) is 23.9. The second-order valence-corrected chi connectivity index (χ2v) is 9.38. The molecule has 0 bridgehead atoms. The minimum atomic E-state index is -0.741. The smallest absolute Gasteiger partial charge is 0.314 e. The molecule has 12 heteroatoms. The van der Waals surface area contributed by atoms with Crippen LogP contribution in [-0.2, 0) is 0 Å². The van der Waals surface area contributed by atoms with E-state index in [-0.39, 0.29) is 21.6 Å². The van der Waals surface area contributed by atoms with E-state index in [9.17, 15) is 9.18 Å². The number of halogens is 3. The average Bonchev–Trinajstić information content (AvgIpc) is 3.33. The molecule has 192 valence electrons. The predicted molar refractivity (Wildman–Crippen MR) is 140 cm³/mol. The van der Waals surface area contributed by atoms with Crippen molar-refractivity contribution >= 4 is 51.8 Å². The van der Waals surface area contributed by atoms with Crippen LogP contribution in [0.1, 0.15) is 18.6 Å². The number of furan rings is 1. The number of benzene rings is 1. The fraction of sp³-hybridized carbons (Fsp3) is 0.240. The zero-order chi connectivity index (χ0) is 26.3. The van der Waals surface area contributed by atoms with Crippen LogP contribution in [0.5, 0.6) is 5.75 Å². The van der Waals surface area contributed by atoms with Gasteiger partial charge in [0.2, 0.25) is 5.75 Å². The van der Waals surface area contributed by atoms with Crippen molar-refractivity contribution in [1.82, 2.24) is 14.9 Å². The van der Waals surface area contributed by atoms with Crippen molar-refractivity contribution in [2.45, 2.75) is 13.0 Å². The molecule has 1 saturated heterocycles. The minimum Gasteiger partial charge on any atom is -0.478 e. The average molecular weight is 545 g/mol. The van der Waals surface area contributed by atoms with Crippen molar-refractivity contribution in [3.05, 3.63) is 64.3 Å². The lowest BCUT2D eigenvalue weighted by Crippen LogP contribution is -2.50. The van der Waals surface area contributed by atoms with Gasteiger partial charge in [0.05, 0.1) is 16.7 Å². The number of nitrogens with zero attached hydrogens (tertiary/aromatic N) is 4. The Morgan fingerprint density at radius 1 is 1.14 bits per heavy atom. The van der Waals surface area contributed by atoms with Crippen LogP contribution in [0.3, 0.4) is 0 Å². The zero-order valence-corrected chi connectivity index (χ0v) is 21.3. The summed E-state index contributed by atoms with van der Waals surface area (Å²) in [5.74, 6) is 0.494. The van der Waals surface area contributed by atoms with Gasteiger partial charge < -0.3 is 30.4 Å². The highest BCUT2D eigenvalue weighted by atomic mass is 35.5. The number of ether oxygens (including phenoxy) is 1. The zero-order valence-electron chi connectivity index (χ0n) is 19.7. The number of nitrogens with two attached hydrogens (primary N) is 2. The van der Waals surface area contributed by atoms with Gasteiger partial charge in [-0.2, -0.15) is 0 Å². The molecule has 0 spiro atoms. The summed E-state index contributed by atoms with van der Waals surface area (Å²) in [6.45, 7) is 4.06. The Kier molecular flexibility index (Phi) is 6.70. The number of piperazine rings is 1. The van der Waals surface area contributed by atoms with Crippen molar-refractivity contribution in [2.24, 2.45) is 5.73 Å². The molecule has 0 aliphatic carbocycles. The van der Waals surface area contributed by atoms with E-state index in [1.807, 2.05) is 12.1 Å². The normalized spacial score (nSPS) is 14.7. The molecule has 4 aromatic rings. The number of anilines is 2. The van der Waals surface area contributed by atoms with Gasteiger partial charge in [0.25, 0.3) is 0 Å². The third-order valence-electron chi connectivity index (χ3n) is 6.36. The molecule has 3 aromatic heterocycles. The van der Waals surface area contributed by atoms with E-state index >= 15 is 0 Å². The number of carbonyl (C=O) groups is 1. The number of primary amides is 1. The largest absolute Gasteiger partial charge is 0.478 e. The third kappa shape index (κ3) is 4.70. The van der Waals surface area contributed by atoms with Crippen LogP contribution in [0.15, 0.2) is 47.3 Å². The standard InChI is InChI=1S/C25H23Cl2FN6O3/c1-13(20-17(26)3-4-18(28)21(20)27)37-23-22-15(11-32-24(23)29)16(12-36-22)14-2-5-19(31-10-14)33-6-8-34(9-7-33)25(30)35/h2-5,10-13H,6-9H2,1H3,(H2,29,32)(H2,30,35). The van der Waals surface area contributed by atoms with Crippen molar-refractivity contribution < 1.29 is 18.3 Å². The van der Waals surface area contributed by atoms with Crippen LogP contribution in [0.4, 0.5) is 20.8 Å². The molecule has 1 fully saturated rings. The Morgan fingerprint density at radius 2 is 1.89 bits per heavy atom. The summed E-state index contributed by atoms with van der Waals surface area (Å²) in [6.07, 6.45) is 4.18. The van der Waals surface area contributed by atoms with Crippen molar-refractivity contribution in [3.8, 4) is 16.9 Å². The number of nitrogen functional groups attached to an aromatic ring is 1. The first kappa shape index (κ1) is 24.9. The fourth-order valence-corrected chi connectivity index (χ4v) is 5.04. The van der Waals surface area contributed by atoms with Crippen LogP contribution < -0.4 is 21.1 Å². The molecular weight excluding hydrogens is 522 g/mol. The molecule has 2 amide bonds. The van der Waals surface area contributed by atoms with Gasteiger partial charge in [-0.25, -0.2) is 19.2 Å². The van der Waals surface area contributed by atoms with Gasteiger partial charge in [0, 0.05) is 60.3 Å². The highest BCUT2D eigenvalue weighted by Crippen LogP contribution is 2.41. The summed E-state index contributed by atoms with van der Waals surface area (Å²) in [5.41, 5.74) is 13.7. The van der Waals surface area contributed by atoms with Gasteiger partial charge in [-0.15, -0.1) is 0 Å². The SMILES string of the molecule is CC(Oc1c(N)ncc2c(-c3ccc(N4CCN(C(N)=O)CC4)nc3)coc12)c1c(Cl)ccc(F)c1Cl. The van der Waals surface area contributed by atoms with Crippen LogP contribution in [0, 0.1) is 5.82 Å². The van der Waals surface area contributed by atoms with Gasteiger partial charge in [-0.3, -0.25) is 0 Å². The molecule has 9 nitrogen and oxygen atoms in total. The molecule has 1 aromatic carbocycles. The van der Waals surface area contributed by atoms with Gasteiger partial charge in [-0.1, -0.05) is 23.2 Å². The van der Waals surface area contributed by atoms with Gasteiger partial charge in [0.15, 0.2) is 11.4 Å². The molecule has 1 aliphatic rings. The Labute approximate surface area is 221 Å². The van der Waals surface area contributed by atoms with Gasteiger partial charge in [-0.05, 0) is 31.2 Å². The van der Waals surface area contributed by atoms with Gasteiger partial charge >= 0.3 is 6.03 Å². The molecule has 1 atom stereocenters. The predicted octanol–water partition coefficient (Wildman–Crippen LogP) is 5.26. The van der Waals surface area contributed by atoms with Crippen LogP contribution in [0.25, 0.3) is 22.1 Å². The van der Waals surface area contributed by atoms with E-state index < -0.39 is 18.0 Å². The Hall–Kier alpha value is -3.76. The van der Waals surface area contributed by atoms with Crippen molar-refractivity contribution in [1.29, 1.82) is 0 Å². The van der Waals surface area contributed by atoms with E-state index in [1.165, 1.54) is 12.1 Å². The summed E-state index contributed by atoms with van der Waals surface area (Å²) < 4.78 is 25.9. The molecule has 1 aliphatic heterocycles. The molecule has 5 rings (SSSR count). The number of pyridine rings is 2. The number of carbonyl (C=O) groups excluding carboxylic acids is 1. The second kappa shape index (κ2) is 9.95. The van der Waals surface area contributed by atoms with Crippen LogP contribution in [0.2, 0.25) is 10.0 Å². The first-order chi connectivity index (χ1) is 17.7. The van der Waals surface area contributed by atoms with E-state index in [0.29, 0.717) is 42.7 Å². The van der Waals surface area contributed by atoms with E-state index in [2.05, 4.69) is 14.9 Å². The number of urea groups is 1. The van der Waals surface area contributed by atoms with E-state index in [0.717, 1.165) is 16.9 Å². The van der Waals surface area contributed by atoms with Crippen LogP contribution in [-0.4, -0.2) is 47.1 Å². The number of hydrogen-bond acceptors (Lipinski definition) is 7. The van der Waals surface area contributed by atoms with E-state index in [1.54, 1.807) is 30.5 Å². The maximum Gasteiger partial charge on any atom is 0.314 e. The topological polar surface area (TPSA) is 124 Å². The molecule has 4 heterocycles. The maximum atomic E-state index is 14.0. The first-order valence-corrected chi connectivity index (χ1v) is 12.2. The lowest BCUT2D eigenvalue weighted by atomic mass is 10.1. The molecule has 37 heavy (non-hydrogen) atoms. The summed E-state index contributed by atoms with van der Waals surface area (Å²) in [6, 6.07) is 6.03. The summed E-state index contributed by atoms with van der Waals surface area (Å²) in [7, 11) is 0. The highest BCUT2D eigenvalue weighted by molar-refractivity contribution is 6.36. The quantitative estimate of drug-likeness (QED) is 0.328. The Morgan fingerprint density at radius 3 is 2.57 bits per heavy atom. The fourth-order valence-electron chi connectivity index (χ4n) is 4.36.